The van der Waals surface area contributed by atoms with E-state index >= 15 is 0 Å². The van der Waals surface area contributed by atoms with Gasteiger partial charge in [-0.3, -0.25) is 10.1 Å². The lowest BCUT2D eigenvalue weighted by Crippen LogP contribution is -2.24. The summed E-state index contributed by atoms with van der Waals surface area (Å²) in [6.07, 6.45) is 4.88. The van der Waals surface area contributed by atoms with Gasteiger partial charge in [-0.05, 0) is 18.2 Å². The fourth-order valence-electron chi connectivity index (χ4n) is 3.17. The van der Waals surface area contributed by atoms with Crippen LogP contribution in [-0.4, -0.2) is 43.5 Å². The molecule has 11 nitrogen and oxygen atoms in total. The second kappa shape index (κ2) is 10.00. The molecule has 3 aromatic heterocycles. The molecule has 0 aliphatic carbocycles. The van der Waals surface area contributed by atoms with Crippen molar-refractivity contribution in [3.63, 3.8) is 0 Å². The molecule has 0 amide bonds. The number of imidazole rings is 1. The second-order valence-electron chi connectivity index (χ2n) is 7.02. The van der Waals surface area contributed by atoms with Crippen molar-refractivity contribution in [3.05, 3.63) is 74.9 Å². The molecule has 34 heavy (non-hydrogen) atoms. The number of nitrogens with two attached hydrogens (primary N) is 1. The van der Waals surface area contributed by atoms with Crippen LogP contribution < -0.4 is 15.8 Å². The van der Waals surface area contributed by atoms with E-state index in [1.54, 1.807) is 36.8 Å². The number of H-pyrrole nitrogens is 1. The Morgan fingerprint density at radius 2 is 2.03 bits per heavy atom. The fraction of sp³-hybridized carbons (Fsp3) is 0.143. The molecular formula is C21H18Cl2N8O3. The number of nitro groups is 1. The van der Waals surface area contributed by atoms with Crippen molar-refractivity contribution in [1.82, 2.24) is 24.9 Å². The normalized spacial score (nSPS) is 11.8. The summed E-state index contributed by atoms with van der Waals surface area (Å²) in [6, 6.07) is 7.03. The van der Waals surface area contributed by atoms with Crippen molar-refractivity contribution in [2.45, 2.75) is 6.04 Å². The zero-order chi connectivity index (χ0) is 24.2. The summed E-state index contributed by atoms with van der Waals surface area (Å²) >= 11 is 12.5. The molecule has 4 aromatic rings. The maximum atomic E-state index is 11.3. The van der Waals surface area contributed by atoms with E-state index in [0.717, 1.165) is 0 Å². The largest absolute Gasteiger partial charge is 0.481 e. The summed E-state index contributed by atoms with van der Waals surface area (Å²) in [5.74, 6) is 1.08. The van der Waals surface area contributed by atoms with Crippen LogP contribution in [0, 0.1) is 10.1 Å². The number of nitrogens with zero attached hydrogens (tertiary/aromatic N) is 5. The number of rotatable bonds is 8. The Bertz CT molecular complexity index is 1330. The van der Waals surface area contributed by atoms with Gasteiger partial charge >= 0.3 is 5.69 Å². The molecule has 0 saturated carbocycles. The van der Waals surface area contributed by atoms with Crippen molar-refractivity contribution in [2.24, 2.45) is 5.73 Å². The molecule has 1 unspecified atom stereocenters. The van der Waals surface area contributed by atoms with Crippen LogP contribution in [0.5, 0.6) is 5.88 Å². The molecule has 0 fully saturated rings. The molecule has 0 radical (unpaired) electrons. The van der Waals surface area contributed by atoms with Gasteiger partial charge in [0, 0.05) is 47.9 Å². The minimum absolute atomic E-state index is 0.0213. The highest BCUT2D eigenvalue weighted by molar-refractivity contribution is 6.36. The highest BCUT2D eigenvalue weighted by Crippen LogP contribution is 2.35. The average Bonchev–Trinajstić information content (AvgIpc) is 3.36. The molecule has 0 saturated heterocycles. The first-order valence-corrected chi connectivity index (χ1v) is 10.6. The molecule has 3 heterocycles. The molecular weight excluding hydrogens is 483 g/mol. The van der Waals surface area contributed by atoms with Crippen LogP contribution in [0.2, 0.25) is 10.0 Å². The summed E-state index contributed by atoms with van der Waals surface area (Å²) in [6.45, 7) is 0.0644. The van der Waals surface area contributed by atoms with Gasteiger partial charge < -0.3 is 20.8 Å². The van der Waals surface area contributed by atoms with E-state index in [1.807, 2.05) is 0 Å². The molecule has 0 aliphatic heterocycles. The Hall–Kier alpha value is -3.80. The Morgan fingerprint density at radius 3 is 2.71 bits per heavy atom. The fourth-order valence-corrected chi connectivity index (χ4v) is 3.67. The van der Waals surface area contributed by atoms with E-state index in [-0.39, 0.29) is 29.8 Å². The van der Waals surface area contributed by atoms with Crippen LogP contribution in [0.25, 0.3) is 22.6 Å². The van der Waals surface area contributed by atoms with Gasteiger partial charge in [-0.2, -0.15) is 4.98 Å². The van der Waals surface area contributed by atoms with Gasteiger partial charge in [0.15, 0.2) is 0 Å². The van der Waals surface area contributed by atoms with E-state index in [2.05, 4.69) is 30.2 Å². The Morgan fingerprint density at radius 1 is 1.21 bits per heavy atom. The summed E-state index contributed by atoms with van der Waals surface area (Å²) in [5.41, 5.74) is 7.84. The molecule has 174 valence electrons. The van der Waals surface area contributed by atoms with E-state index in [9.17, 15) is 10.1 Å². The van der Waals surface area contributed by atoms with Gasteiger partial charge in [-0.25, -0.2) is 15.0 Å². The number of hydrogen-bond donors (Lipinski definition) is 3. The molecule has 13 heteroatoms. The maximum absolute atomic E-state index is 11.3. The van der Waals surface area contributed by atoms with E-state index < -0.39 is 11.0 Å². The lowest BCUT2D eigenvalue weighted by Gasteiger charge is -2.15. The number of anilines is 1. The molecule has 1 atom stereocenters. The standard InChI is InChI=1S/C21H18Cl2N8O3/c1-34-17-5-4-16(31(32)33)21(29-17)28-10-15(24)20-27-9-13(19-25-6-7-26-19)18(30-20)12-3-2-11(22)8-14(12)23/h2-9,15H,10,24H2,1H3,(H,25,26)(H,28,29). The monoisotopic (exact) mass is 500 g/mol. The highest BCUT2D eigenvalue weighted by Gasteiger charge is 2.21. The third kappa shape index (κ3) is 4.91. The van der Waals surface area contributed by atoms with Gasteiger partial charge in [0.1, 0.15) is 11.6 Å². The van der Waals surface area contributed by atoms with E-state index in [4.69, 9.17) is 33.7 Å². The molecule has 0 spiro atoms. The number of aromatic nitrogens is 5. The Labute approximate surface area is 203 Å². The number of halogens is 2. The van der Waals surface area contributed by atoms with Gasteiger partial charge in [0.2, 0.25) is 11.7 Å². The minimum atomic E-state index is -0.733. The summed E-state index contributed by atoms with van der Waals surface area (Å²) in [4.78, 5) is 31.2. The van der Waals surface area contributed by atoms with Crippen molar-refractivity contribution in [1.29, 1.82) is 0 Å². The Balaban J connectivity index is 1.67. The summed E-state index contributed by atoms with van der Waals surface area (Å²) in [7, 11) is 1.42. The minimum Gasteiger partial charge on any atom is -0.481 e. The first kappa shape index (κ1) is 23.4. The lowest BCUT2D eigenvalue weighted by atomic mass is 10.1. The molecule has 4 N–H and O–H groups in total. The summed E-state index contributed by atoms with van der Waals surface area (Å²) < 4.78 is 5.05. The van der Waals surface area contributed by atoms with E-state index in [1.165, 1.54) is 19.2 Å². The number of hydrogen-bond acceptors (Lipinski definition) is 9. The number of ether oxygens (including phenoxy) is 1. The average molecular weight is 501 g/mol. The van der Waals surface area contributed by atoms with Crippen LogP contribution >= 0.6 is 23.2 Å². The van der Waals surface area contributed by atoms with Gasteiger partial charge in [-0.15, -0.1) is 0 Å². The zero-order valence-electron chi connectivity index (χ0n) is 17.7. The number of methoxy groups -OCH3 is 1. The van der Waals surface area contributed by atoms with Crippen molar-refractivity contribution in [2.75, 3.05) is 19.0 Å². The van der Waals surface area contributed by atoms with Gasteiger partial charge in [-0.1, -0.05) is 23.2 Å². The quantitative estimate of drug-likeness (QED) is 0.237. The third-order valence-electron chi connectivity index (χ3n) is 4.82. The molecule has 0 bridgehead atoms. The number of aromatic amines is 1. The first-order valence-electron chi connectivity index (χ1n) is 9.88. The van der Waals surface area contributed by atoms with Crippen molar-refractivity contribution in [3.8, 4) is 28.5 Å². The lowest BCUT2D eigenvalue weighted by molar-refractivity contribution is -0.384. The summed E-state index contributed by atoms with van der Waals surface area (Å²) in [5, 5.41) is 15.1. The molecule has 4 rings (SSSR count). The number of nitrogens with one attached hydrogen (secondary N) is 2. The first-order chi connectivity index (χ1) is 16.4. The smallest absolute Gasteiger partial charge is 0.311 e. The van der Waals surface area contributed by atoms with E-state index in [0.29, 0.717) is 32.7 Å². The molecule has 1 aromatic carbocycles. The SMILES string of the molecule is COc1ccc([N+](=O)[O-])c(NCC(N)c2ncc(-c3ncc[nH]3)c(-c3ccc(Cl)cc3Cl)n2)n1. The van der Waals surface area contributed by atoms with Crippen LogP contribution in [-0.2, 0) is 0 Å². The van der Waals surface area contributed by atoms with Crippen molar-refractivity contribution < 1.29 is 9.66 Å². The van der Waals surface area contributed by atoms with Crippen LogP contribution in [0.1, 0.15) is 11.9 Å². The van der Waals surface area contributed by atoms with Gasteiger partial charge in [0.25, 0.3) is 0 Å². The highest BCUT2D eigenvalue weighted by atomic mass is 35.5. The zero-order valence-corrected chi connectivity index (χ0v) is 19.2. The Kier molecular flexibility index (Phi) is 6.87. The number of benzene rings is 1. The van der Waals surface area contributed by atoms with Crippen LogP contribution in [0.15, 0.2) is 48.9 Å². The van der Waals surface area contributed by atoms with Crippen LogP contribution in [0.4, 0.5) is 11.5 Å². The predicted octanol–water partition coefficient (Wildman–Crippen LogP) is 4.26. The maximum Gasteiger partial charge on any atom is 0.311 e. The number of pyridine rings is 1. The third-order valence-corrected chi connectivity index (χ3v) is 5.37. The molecule has 0 aliphatic rings. The second-order valence-corrected chi connectivity index (χ2v) is 7.86. The van der Waals surface area contributed by atoms with Crippen molar-refractivity contribution >= 4 is 34.7 Å². The predicted molar refractivity (Wildman–Crippen MR) is 128 cm³/mol. The topological polar surface area (TPSA) is 158 Å². The van der Waals surface area contributed by atoms with Crippen LogP contribution in [0.3, 0.4) is 0 Å². The van der Waals surface area contributed by atoms with Gasteiger partial charge in [0.05, 0.1) is 34.4 Å².